The van der Waals surface area contributed by atoms with Gasteiger partial charge in [0.2, 0.25) is 0 Å². The predicted octanol–water partition coefficient (Wildman–Crippen LogP) is 13.8. The lowest BCUT2D eigenvalue weighted by Gasteiger charge is -2.18. The highest BCUT2D eigenvalue weighted by Gasteiger charge is 2.19. The molecular formula is C45H86O6. The van der Waals surface area contributed by atoms with E-state index in [1.54, 1.807) is 0 Å². The lowest BCUT2D eigenvalue weighted by Crippen LogP contribution is -2.30. The first-order valence-electron chi connectivity index (χ1n) is 22.3. The highest BCUT2D eigenvalue weighted by Crippen LogP contribution is 2.17. The van der Waals surface area contributed by atoms with Gasteiger partial charge < -0.3 is 14.2 Å². The minimum absolute atomic E-state index is 0.0657. The number of hydrogen-bond donors (Lipinski definition) is 0. The summed E-state index contributed by atoms with van der Waals surface area (Å²) in [5.74, 6) is 0.777. The van der Waals surface area contributed by atoms with Crippen LogP contribution in [-0.4, -0.2) is 37.2 Å². The summed E-state index contributed by atoms with van der Waals surface area (Å²) >= 11 is 0. The third-order valence-corrected chi connectivity index (χ3v) is 10.3. The lowest BCUT2D eigenvalue weighted by atomic mass is 10.00. The normalized spacial score (nSPS) is 12.6. The number of hydrogen-bond acceptors (Lipinski definition) is 6. The SMILES string of the molecule is CCCCCCCCCCCC(=O)O[C@@H](COC(=O)CCCCCCCCCCCCCC(C)C)COC(=O)CCCCCCCCC(C)CC. The Balaban J connectivity index is 4.31. The molecule has 0 aromatic carbocycles. The van der Waals surface area contributed by atoms with Crippen molar-refractivity contribution in [2.24, 2.45) is 11.8 Å². The molecule has 6 heteroatoms. The second-order valence-corrected chi connectivity index (χ2v) is 16.1. The molecule has 0 radical (unpaired) electrons. The van der Waals surface area contributed by atoms with Crippen LogP contribution in [0.2, 0.25) is 0 Å². The molecule has 0 aliphatic heterocycles. The van der Waals surface area contributed by atoms with Crippen LogP contribution in [0, 0.1) is 11.8 Å². The van der Waals surface area contributed by atoms with Crippen LogP contribution < -0.4 is 0 Å². The molecule has 0 rings (SSSR count). The Hall–Kier alpha value is -1.59. The average Bonchev–Trinajstić information content (AvgIpc) is 3.11. The maximum atomic E-state index is 12.6. The summed E-state index contributed by atoms with van der Waals surface area (Å²) in [6, 6.07) is 0. The summed E-state index contributed by atoms with van der Waals surface area (Å²) in [6.07, 6.45) is 35.2. The predicted molar refractivity (Wildman–Crippen MR) is 215 cm³/mol. The van der Waals surface area contributed by atoms with Gasteiger partial charge in [0.25, 0.3) is 0 Å². The van der Waals surface area contributed by atoms with Crippen molar-refractivity contribution in [2.45, 2.75) is 246 Å². The summed E-state index contributed by atoms with van der Waals surface area (Å²) in [5, 5.41) is 0. The van der Waals surface area contributed by atoms with E-state index >= 15 is 0 Å². The van der Waals surface area contributed by atoms with E-state index in [-0.39, 0.29) is 31.1 Å². The number of rotatable bonds is 39. The van der Waals surface area contributed by atoms with Crippen molar-refractivity contribution in [1.29, 1.82) is 0 Å². The van der Waals surface area contributed by atoms with Gasteiger partial charge in [-0.25, -0.2) is 0 Å². The Kier molecular flexibility index (Phi) is 37.0. The van der Waals surface area contributed by atoms with E-state index in [1.807, 2.05) is 0 Å². The monoisotopic (exact) mass is 723 g/mol. The molecule has 0 saturated heterocycles. The Morgan fingerprint density at radius 3 is 1.12 bits per heavy atom. The zero-order valence-corrected chi connectivity index (χ0v) is 34.7. The largest absolute Gasteiger partial charge is 0.462 e. The Bertz CT molecular complexity index is 781. The van der Waals surface area contributed by atoms with Crippen LogP contribution >= 0.6 is 0 Å². The minimum atomic E-state index is -0.760. The summed E-state index contributed by atoms with van der Waals surface area (Å²) in [4.78, 5) is 37.6. The topological polar surface area (TPSA) is 78.9 Å². The number of ether oxygens (including phenoxy) is 3. The van der Waals surface area contributed by atoms with Crippen LogP contribution in [0.5, 0.6) is 0 Å². The molecule has 0 aromatic heterocycles. The van der Waals surface area contributed by atoms with E-state index in [0.29, 0.717) is 19.3 Å². The van der Waals surface area contributed by atoms with Crippen molar-refractivity contribution in [3.8, 4) is 0 Å². The number of esters is 3. The number of carbonyl (C=O) groups is 3. The first kappa shape index (κ1) is 49.4. The molecule has 302 valence electrons. The zero-order valence-electron chi connectivity index (χ0n) is 34.7. The molecule has 6 nitrogen and oxygen atoms in total. The van der Waals surface area contributed by atoms with Gasteiger partial charge in [-0.2, -0.15) is 0 Å². The molecule has 0 spiro atoms. The second-order valence-electron chi connectivity index (χ2n) is 16.1. The zero-order chi connectivity index (χ0) is 37.6. The molecule has 0 aromatic rings. The van der Waals surface area contributed by atoms with Crippen LogP contribution in [0.3, 0.4) is 0 Å². The Morgan fingerprint density at radius 2 is 0.745 bits per heavy atom. The summed E-state index contributed by atoms with van der Waals surface area (Å²) in [5.41, 5.74) is 0. The van der Waals surface area contributed by atoms with Crippen molar-refractivity contribution in [2.75, 3.05) is 13.2 Å². The molecule has 0 N–H and O–H groups in total. The van der Waals surface area contributed by atoms with Crippen LogP contribution in [0.1, 0.15) is 240 Å². The third kappa shape index (κ3) is 38.0. The number of carbonyl (C=O) groups excluding carboxylic acids is 3. The van der Waals surface area contributed by atoms with Crippen LogP contribution in [0.4, 0.5) is 0 Å². The maximum absolute atomic E-state index is 12.6. The average molecular weight is 723 g/mol. The van der Waals surface area contributed by atoms with Crippen molar-refractivity contribution >= 4 is 17.9 Å². The fourth-order valence-corrected chi connectivity index (χ4v) is 6.54. The van der Waals surface area contributed by atoms with Gasteiger partial charge in [-0.15, -0.1) is 0 Å². The molecule has 0 fully saturated rings. The highest BCUT2D eigenvalue weighted by molar-refractivity contribution is 5.71. The van der Waals surface area contributed by atoms with Gasteiger partial charge in [-0.1, -0.05) is 202 Å². The van der Waals surface area contributed by atoms with Gasteiger partial charge in [0.1, 0.15) is 13.2 Å². The van der Waals surface area contributed by atoms with Crippen molar-refractivity contribution in [3.63, 3.8) is 0 Å². The van der Waals surface area contributed by atoms with E-state index in [2.05, 4.69) is 34.6 Å². The molecule has 2 atom stereocenters. The van der Waals surface area contributed by atoms with Gasteiger partial charge in [0.15, 0.2) is 6.10 Å². The van der Waals surface area contributed by atoms with Gasteiger partial charge in [0, 0.05) is 19.3 Å². The van der Waals surface area contributed by atoms with Gasteiger partial charge >= 0.3 is 17.9 Å². The standard InChI is InChI=1S/C45H86O6/c1-6-8-9-10-11-15-20-27-32-37-45(48)51-42(39-50-44(47)36-31-26-22-21-24-29-34-41(5)7-2)38-49-43(46)35-30-25-19-17-14-12-13-16-18-23-28-33-40(3)4/h40-42H,6-39H2,1-5H3/t41?,42-/m0/s1. The first-order valence-corrected chi connectivity index (χ1v) is 22.3. The summed E-state index contributed by atoms with van der Waals surface area (Å²) < 4.78 is 16.7. The first-order chi connectivity index (χ1) is 24.8. The van der Waals surface area contributed by atoms with Crippen molar-refractivity contribution in [1.82, 2.24) is 0 Å². The van der Waals surface area contributed by atoms with Gasteiger partial charge in [-0.05, 0) is 31.1 Å². The molecule has 0 aliphatic carbocycles. The van der Waals surface area contributed by atoms with E-state index in [1.165, 1.54) is 128 Å². The minimum Gasteiger partial charge on any atom is -0.462 e. The third-order valence-electron chi connectivity index (χ3n) is 10.3. The molecule has 0 bridgehead atoms. The molecule has 1 unspecified atom stereocenters. The van der Waals surface area contributed by atoms with Gasteiger partial charge in [-0.3, -0.25) is 14.4 Å². The molecule has 0 saturated carbocycles. The number of unbranched alkanes of at least 4 members (excludes halogenated alkanes) is 23. The fraction of sp³-hybridized carbons (Fsp3) is 0.933. The fourth-order valence-electron chi connectivity index (χ4n) is 6.54. The highest BCUT2D eigenvalue weighted by atomic mass is 16.6. The maximum Gasteiger partial charge on any atom is 0.306 e. The van der Waals surface area contributed by atoms with E-state index < -0.39 is 6.10 Å². The Labute approximate surface area is 317 Å². The second kappa shape index (κ2) is 38.1. The van der Waals surface area contributed by atoms with Crippen molar-refractivity contribution in [3.05, 3.63) is 0 Å². The molecule has 0 aliphatic rings. The van der Waals surface area contributed by atoms with Crippen LogP contribution in [0.25, 0.3) is 0 Å². The molecular weight excluding hydrogens is 636 g/mol. The summed E-state index contributed by atoms with van der Waals surface area (Å²) in [6.45, 7) is 11.3. The van der Waals surface area contributed by atoms with E-state index in [9.17, 15) is 14.4 Å². The van der Waals surface area contributed by atoms with Crippen molar-refractivity contribution < 1.29 is 28.6 Å². The molecule has 0 heterocycles. The molecule has 0 amide bonds. The lowest BCUT2D eigenvalue weighted by molar-refractivity contribution is -0.167. The Morgan fingerprint density at radius 1 is 0.412 bits per heavy atom. The van der Waals surface area contributed by atoms with Crippen LogP contribution in [0.15, 0.2) is 0 Å². The quantitative estimate of drug-likeness (QED) is 0.0357. The van der Waals surface area contributed by atoms with E-state index in [0.717, 1.165) is 69.6 Å². The van der Waals surface area contributed by atoms with Crippen LogP contribution in [-0.2, 0) is 28.6 Å². The smallest absolute Gasteiger partial charge is 0.306 e. The summed E-state index contributed by atoms with van der Waals surface area (Å²) in [7, 11) is 0. The van der Waals surface area contributed by atoms with E-state index in [4.69, 9.17) is 14.2 Å². The van der Waals surface area contributed by atoms with Gasteiger partial charge in [0.05, 0.1) is 0 Å². The molecule has 51 heavy (non-hydrogen) atoms.